The average Bonchev–Trinajstić information content (AvgIpc) is 2.31. The molecule has 0 aromatic carbocycles. The van der Waals surface area contributed by atoms with Gasteiger partial charge in [-0.3, -0.25) is 4.79 Å². The van der Waals surface area contributed by atoms with Crippen molar-refractivity contribution in [2.75, 3.05) is 0 Å². The van der Waals surface area contributed by atoms with E-state index < -0.39 is 11.9 Å². The van der Waals surface area contributed by atoms with Gasteiger partial charge in [0, 0.05) is 19.4 Å². The van der Waals surface area contributed by atoms with Gasteiger partial charge in [-0.1, -0.05) is 0 Å². The first-order valence-corrected chi connectivity index (χ1v) is 3.21. The van der Waals surface area contributed by atoms with Crippen LogP contribution in [-0.2, 0) is 7.05 Å². The Bertz CT molecular complexity index is 309. The summed E-state index contributed by atoms with van der Waals surface area (Å²) < 4.78 is 1.48. The fourth-order valence-electron chi connectivity index (χ4n) is 0.950. The van der Waals surface area contributed by atoms with Gasteiger partial charge in [0.25, 0.3) is 5.91 Å². The number of amides is 1. The second kappa shape index (κ2) is 2.69. The van der Waals surface area contributed by atoms with Crippen LogP contribution in [0.25, 0.3) is 0 Å². The van der Waals surface area contributed by atoms with Gasteiger partial charge >= 0.3 is 5.97 Å². The molecule has 0 aliphatic heterocycles. The molecule has 1 aromatic heterocycles. The third-order valence-corrected chi connectivity index (χ3v) is 1.45. The van der Waals surface area contributed by atoms with E-state index in [1.54, 1.807) is 7.05 Å². The summed E-state index contributed by atoms with van der Waals surface area (Å²) in [4.78, 5) is 21.2. The van der Waals surface area contributed by atoms with Gasteiger partial charge < -0.3 is 15.4 Å². The SMILES string of the molecule is Cn1cc(C(N)=O)c(C(=O)O)c1. The summed E-state index contributed by atoms with van der Waals surface area (Å²) in [6.45, 7) is 0. The minimum atomic E-state index is -1.15. The largest absolute Gasteiger partial charge is 0.478 e. The Morgan fingerprint density at radius 2 is 1.92 bits per heavy atom. The maximum absolute atomic E-state index is 10.7. The molecule has 0 fully saturated rings. The van der Waals surface area contributed by atoms with E-state index in [9.17, 15) is 9.59 Å². The number of primary amides is 1. The molecule has 0 atom stereocenters. The molecule has 1 rings (SSSR count). The Labute approximate surface area is 68.4 Å². The van der Waals surface area contributed by atoms with E-state index in [0.29, 0.717) is 0 Å². The zero-order valence-electron chi connectivity index (χ0n) is 6.44. The summed E-state index contributed by atoms with van der Waals surface area (Å²) in [5, 5.41) is 8.61. The highest BCUT2D eigenvalue weighted by molar-refractivity contribution is 6.04. The molecule has 1 aromatic rings. The van der Waals surface area contributed by atoms with Crippen LogP contribution in [0.3, 0.4) is 0 Å². The van der Waals surface area contributed by atoms with E-state index in [-0.39, 0.29) is 11.1 Å². The van der Waals surface area contributed by atoms with Crippen molar-refractivity contribution in [2.24, 2.45) is 12.8 Å². The van der Waals surface area contributed by atoms with Crippen LogP contribution in [0.2, 0.25) is 0 Å². The smallest absolute Gasteiger partial charge is 0.338 e. The number of carbonyl (C=O) groups is 2. The van der Waals surface area contributed by atoms with Gasteiger partial charge in [-0.2, -0.15) is 0 Å². The van der Waals surface area contributed by atoms with Crippen LogP contribution in [0.4, 0.5) is 0 Å². The number of hydrogen-bond acceptors (Lipinski definition) is 2. The van der Waals surface area contributed by atoms with Crippen molar-refractivity contribution in [3.8, 4) is 0 Å². The van der Waals surface area contributed by atoms with Crippen LogP contribution >= 0.6 is 0 Å². The molecule has 5 nitrogen and oxygen atoms in total. The molecule has 1 amide bonds. The lowest BCUT2D eigenvalue weighted by Crippen LogP contribution is -2.14. The Morgan fingerprint density at radius 1 is 1.42 bits per heavy atom. The van der Waals surface area contributed by atoms with Crippen molar-refractivity contribution in [3.05, 3.63) is 23.5 Å². The Morgan fingerprint density at radius 3 is 2.25 bits per heavy atom. The number of nitrogens with zero attached hydrogens (tertiary/aromatic N) is 1. The predicted molar refractivity (Wildman–Crippen MR) is 40.9 cm³/mol. The Balaban J connectivity index is 3.26. The van der Waals surface area contributed by atoms with E-state index in [4.69, 9.17) is 10.8 Å². The number of aromatic nitrogens is 1. The number of carboxylic acid groups (broad SMARTS) is 1. The van der Waals surface area contributed by atoms with Crippen molar-refractivity contribution in [1.82, 2.24) is 4.57 Å². The summed E-state index contributed by atoms with van der Waals surface area (Å²) in [7, 11) is 1.62. The van der Waals surface area contributed by atoms with Crippen molar-refractivity contribution < 1.29 is 14.7 Å². The van der Waals surface area contributed by atoms with Crippen molar-refractivity contribution in [3.63, 3.8) is 0 Å². The van der Waals surface area contributed by atoms with Crippen LogP contribution in [0, 0.1) is 0 Å². The number of carbonyl (C=O) groups excluding carboxylic acids is 1. The number of hydrogen-bond donors (Lipinski definition) is 2. The summed E-state index contributed by atoms with van der Waals surface area (Å²) in [5.74, 6) is -1.88. The van der Waals surface area contributed by atoms with Gasteiger partial charge in [0.05, 0.1) is 11.1 Å². The van der Waals surface area contributed by atoms with Gasteiger partial charge in [0.15, 0.2) is 0 Å². The summed E-state index contributed by atoms with van der Waals surface area (Å²) >= 11 is 0. The fraction of sp³-hybridized carbons (Fsp3) is 0.143. The van der Waals surface area contributed by atoms with Crippen LogP contribution < -0.4 is 5.73 Å². The molecule has 12 heavy (non-hydrogen) atoms. The van der Waals surface area contributed by atoms with Crippen LogP contribution in [-0.4, -0.2) is 21.6 Å². The summed E-state index contributed by atoms with van der Waals surface area (Å²) in [6.07, 6.45) is 2.72. The standard InChI is InChI=1S/C7H8N2O3/c1-9-2-4(6(8)10)5(3-9)7(11)12/h2-3H,1H3,(H2,8,10)(H,11,12). The number of carboxylic acids is 1. The van der Waals surface area contributed by atoms with E-state index in [2.05, 4.69) is 0 Å². The van der Waals surface area contributed by atoms with Gasteiger partial charge in [-0.25, -0.2) is 4.79 Å². The normalized spacial score (nSPS) is 9.75. The molecule has 0 bridgehead atoms. The maximum atomic E-state index is 10.7. The third-order valence-electron chi connectivity index (χ3n) is 1.45. The Hall–Kier alpha value is -1.78. The minimum Gasteiger partial charge on any atom is -0.478 e. The van der Waals surface area contributed by atoms with Crippen LogP contribution in [0.15, 0.2) is 12.4 Å². The van der Waals surface area contributed by atoms with Crippen molar-refractivity contribution >= 4 is 11.9 Å². The summed E-state index contributed by atoms with van der Waals surface area (Å²) in [6, 6.07) is 0. The molecule has 1 heterocycles. The quantitative estimate of drug-likeness (QED) is 0.642. The minimum absolute atomic E-state index is 0.0324. The van der Waals surface area contributed by atoms with Crippen LogP contribution in [0.1, 0.15) is 20.7 Å². The lowest BCUT2D eigenvalue weighted by molar-refractivity contribution is 0.0692. The number of aromatic carboxylic acids is 1. The lowest BCUT2D eigenvalue weighted by Gasteiger charge is -1.90. The predicted octanol–water partition coefficient (Wildman–Crippen LogP) is -0.178. The van der Waals surface area contributed by atoms with Gasteiger partial charge in [-0.15, -0.1) is 0 Å². The highest BCUT2D eigenvalue weighted by atomic mass is 16.4. The molecule has 0 aliphatic carbocycles. The van der Waals surface area contributed by atoms with Crippen LogP contribution in [0.5, 0.6) is 0 Å². The van der Waals surface area contributed by atoms with Crippen molar-refractivity contribution in [2.45, 2.75) is 0 Å². The lowest BCUT2D eigenvalue weighted by atomic mass is 10.2. The first-order valence-electron chi connectivity index (χ1n) is 3.21. The first kappa shape index (κ1) is 8.32. The molecular formula is C7H8N2O3. The molecule has 0 saturated heterocycles. The Kier molecular flexibility index (Phi) is 1.86. The monoisotopic (exact) mass is 168 g/mol. The molecule has 0 spiro atoms. The van der Waals surface area contributed by atoms with Crippen molar-refractivity contribution in [1.29, 1.82) is 0 Å². The second-order valence-electron chi connectivity index (χ2n) is 2.42. The van der Waals surface area contributed by atoms with E-state index >= 15 is 0 Å². The number of aryl methyl sites for hydroxylation is 1. The van der Waals surface area contributed by atoms with Gasteiger partial charge in [0.2, 0.25) is 0 Å². The third kappa shape index (κ3) is 1.29. The van der Waals surface area contributed by atoms with E-state index in [0.717, 1.165) is 0 Å². The summed E-state index contributed by atoms with van der Waals surface area (Å²) in [5.41, 5.74) is 4.92. The van der Waals surface area contributed by atoms with Gasteiger partial charge in [-0.05, 0) is 0 Å². The zero-order valence-corrected chi connectivity index (χ0v) is 6.44. The molecule has 0 radical (unpaired) electrons. The molecule has 0 unspecified atom stereocenters. The first-order chi connectivity index (χ1) is 5.52. The molecule has 5 heteroatoms. The van der Waals surface area contributed by atoms with Gasteiger partial charge in [0.1, 0.15) is 0 Å². The molecule has 64 valence electrons. The maximum Gasteiger partial charge on any atom is 0.338 e. The topological polar surface area (TPSA) is 85.3 Å². The number of nitrogens with two attached hydrogens (primary N) is 1. The van der Waals surface area contributed by atoms with E-state index in [1.165, 1.54) is 17.0 Å². The second-order valence-corrected chi connectivity index (χ2v) is 2.42. The highest BCUT2D eigenvalue weighted by Crippen LogP contribution is 2.08. The van der Waals surface area contributed by atoms with E-state index in [1.807, 2.05) is 0 Å². The molecule has 0 aliphatic rings. The average molecular weight is 168 g/mol. The number of rotatable bonds is 2. The zero-order chi connectivity index (χ0) is 9.30. The molecular weight excluding hydrogens is 160 g/mol. The fourth-order valence-corrected chi connectivity index (χ4v) is 0.950. The molecule has 3 N–H and O–H groups in total. The highest BCUT2D eigenvalue weighted by Gasteiger charge is 2.15. The molecule has 0 saturated carbocycles.